The lowest BCUT2D eigenvalue weighted by molar-refractivity contribution is -0.386. The Morgan fingerprint density at radius 1 is 1.56 bits per heavy atom. The largest absolute Gasteiger partial charge is 0.469 e. The lowest BCUT2D eigenvalue weighted by Gasteiger charge is -2.22. The summed E-state index contributed by atoms with van der Waals surface area (Å²) in [5.41, 5.74) is 1.94. The standard InChI is InChI=1S/C9H13N5O4/c10-13-9-11-5-7(14(15)16)8(12-9)18-6-1-3-17-4-2-6/h5-6H,1-4,10H2,(H,11,12,13). The molecular formula is C9H13N5O4. The highest BCUT2D eigenvalue weighted by molar-refractivity contribution is 5.42. The van der Waals surface area contributed by atoms with E-state index in [1.807, 2.05) is 0 Å². The van der Waals surface area contributed by atoms with Gasteiger partial charge in [0.15, 0.2) is 0 Å². The highest BCUT2D eigenvalue weighted by Gasteiger charge is 2.23. The van der Waals surface area contributed by atoms with E-state index >= 15 is 0 Å². The van der Waals surface area contributed by atoms with Crippen molar-refractivity contribution in [1.29, 1.82) is 0 Å². The monoisotopic (exact) mass is 255 g/mol. The molecule has 0 unspecified atom stereocenters. The van der Waals surface area contributed by atoms with Gasteiger partial charge >= 0.3 is 5.69 Å². The van der Waals surface area contributed by atoms with Crippen LogP contribution in [-0.2, 0) is 4.74 Å². The quantitative estimate of drug-likeness (QED) is 0.444. The number of hydrazine groups is 1. The van der Waals surface area contributed by atoms with E-state index in [0.29, 0.717) is 26.1 Å². The summed E-state index contributed by atoms with van der Waals surface area (Å²) in [7, 11) is 0. The Kier molecular flexibility index (Phi) is 3.85. The fraction of sp³-hybridized carbons (Fsp3) is 0.556. The maximum Gasteiger partial charge on any atom is 0.349 e. The average Bonchev–Trinajstić information content (AvgIpc) is 2.39. The summed E-state index contributed by atoms with van der Waals surface area (Å²) in [4.78, 5) is 17.8. The molecule has 0 radical (unpaired) electrons. The van der Waals surface area contributed by atoms with Gasteiger partial charge in [-0.1, -0.05) is 0 Å². The van der Waals surface area contributed by atoms with E-state index in [1.165, 1.54) is 0 Å². The Hall–Kier alpha value is -2.00. The molecule has 9 nitrogen and oxygen atoms in total. The van der Waals surface area contributed by atoms with Crippen molar-refractivity contribution in [1.82, 2.24) is 9.97 Å². The van der Waals surface area contributed by atoms with Crippen LogP contribution in [0.15, 0.2) is 6.20 Å². The van der Waals surface area contributed by atoms with E-state index in [2.05, 4.69) is 15.4 Å². The first kappa shape index (κ1) is 12.5. The number of aromatic nitrogens is 2. The van der Waals surface area contributed by atoms with Gasteiger partial charge in [-0.15, -0.1) is 0 Å². The summed E-state index contributed by atoms with van der Waals surface area (Å²) in [5.74, 6) is 5.16. The number of nitro groups is 1. The van der Waals surface area contributed by atoms with Crippen LogP contribution >= 0.6 is 0 Å². The first-order valence-electron chi connectivity index (χ1n) is 5.43. The molecule has 0 atom stereocenters. The molecule has 0 bridgehead atoms. The predicted molar refractivity (Wildman–Crippen MR) is 61.0 cm³/mol. The molecule has 0 spiro atoms. The second kappa shape index (κ2) is 5.56. The molecular weight excluding hydrogens is 242 g/mol. The number of hydrogen-bond donors (Lipinski definition) is 2. The van der Waals surface area contributed by atoms with Gasteiger partial charge in [-0.3, -0.25) is 15.5 Å². The summed E-state index contributed by atoms with van der Waals surface area (Å²) in [5, 5.41) is 10.8. The van der Waals surface area contributed by atoms with Gasteiger partial charge in [0.1, 0.15) is 12.3 Å². The number of ether oxygens (including phenoxy) is 2. The van der Waals surface area contributed by atoms with Crippen molar-refractivity contribution in [2.45, 2.75) is 18.9 Å². The Balaban J connectivity index is 2.19. The lowest BCUT2D eigenvalue weighted by Crippen LogP contribution is -2.26. The van der Waals surface area contributed by atoms with Gasteiger partial charge in [-0.25, -0.2) is 10.8 Å². The van der Waals surface area contributed by atoms with Crippen molar-refractivity contribution in [3.63, 3.8) is 0 Å². The molecule has 98 valence electrons. The van der Waals surface area contributed by atoms with Crippen molar-refractivity contribution in [3.8, 4) is 5.88 Å². The van der Waals surface area contributed by atoms with Gasteiger partial charge in [0.2, 0.25) is 5.95 Å². The molecule has 0 aromatic carbocycles. The van der Waals surface area contributed by atoms with E-state index in [-0.39, 0.29) is 23.6 Å². The maximum absolute atomic E-state index is 10.8. The molecule has 0 saturated carbocycles. The number of nitrogen functional groups attached to an aromatic ring is 1. The van der Waals surface area contributed by atoms with Crippen LogP contribution in [0.25, 0.3) is 0 Å². The van der Waals surface area contributed by atoms with E-state index in [4.69, 9.17) is 15.3 Å². The molecule has 18 heavy (non-hydrogen) atoms. The van der Waals surface area contributed by atoms with Gasteiger partial charge in [-0.05, 0) is 0 Å². The Labute approximate surface area is 102 Å². The lowest BCUT2D eigenvalue weighted by atomic mass is 10.1. The summed E-state index contributed by atoms with van der Waals surface area (Å²) in [6.07, 6.45) is 2.27. The van der Waals surface area contributed by atoms with Crippen molar-refractivity contribution in [2.75, 3.05) is 18.6 Å². The molecule has 2 rings (SSSR count). The summed E-state index contributed by atoms with van der Waals surface area (Å²) in [6.45, 7) is 1.15. The minimum absolute atomic E-state index is 0.0719. The predicted octanol–water partition coefficient (Wildman–Crippen LogP) is 0.228. The topological polar surface area (TPSA) is 125 Å². The Morgan fingerprint density at radius 3 is 2.89 bits per heavy atom. The van der Waals surface area contributed by atoms with Crippen LogP contribution in [0.5, 0.6) is 5.88 Å². The van der Waals surface area contributed by atoms with Crippen molar-refractivity contribution < 1.29 is 14.4 Å². The second-order valence-electron chi connectivity index (χ2n) is 3.72. The average molecular weight is 255 g/mol. The zero-order valence-electron chi connectivity index (χ0n) is 9.54. The van der Waals surface area contributed by atoms with Crippen LogP contribution in [0.4, 0.5) is 11.6 Å². The fourth-order valence-corrected chi connectivity index (χ4v) is 1.59. The van der Waals surface area contributed by atoms with E-state index in [1.54, 1.807) is 0 Å². The molecule has 1 aromatic heterocycles. The second-order valence-corrected chi connectivity index (χ2v) is 3.72. The Morgan fingerprint density at radius 2 is 2.28 bits per heavy atom. The van der Waals surface area contributed by atoms with Crippen LogP contribution < -0.4 is 16.0 Å². The molecule has 3 N–H and O–H groups in total. The van der Waals surface area contributed by atoms with Gasteiger partial charge in [0.05, 0.1) is 18.1 Å². The smallest absolute Gasteiger partial charge is 0.349 e. The normalized spacial score (nSPS) is 16.3. The molecule has 0 amide bonds. The summed E-state index contributed by atoms with van der Waals surface area (Å²) in [6, 6.07) is 0. The third-order valence-electron chi connectivity index (χ3n) is 2.51. The molecule has 9 heteroatoms. The third-order valence-corrected chi connectivity index (χ3v) is 2.51. The van der Waals surface area contributed by atoms with Gasteiger partial charge in [0.25, 0.3) is 5.88 Å². The first-order valence-corrected chi connectivity index (χ1v) is 5.43. The van der Waals surface area contributed by atoms with Crippen LogP contribution in [0, 0.1) is 10.1 Å². The zero-order valence-corrected chi connectivity index (χ0v) is 9.54. The van der Waals surface area contributed by atoms with E-state index < -0.39 is 4.92 Å². The number of nitrogens with two attached hydrogens (primary N) is 1. The van der Waals surface area contributed by atoms with E-state index in [0.717, 1.165) is 6.20 Å². The highest BCUT2D eigenvalue weighted by atomic mass is 16.6. The molecule has 1 aliphatic heterocycles. The number of rotatable bonds is 4. The molecule has 1 aliphatic rings. The van der Waals surface area contributed by atoms with Crippen LogP contribution in [0.3, 0.4) is 0 Å². The molecule has 0 aliphatic carbocycles. The molecule has 1 fully saturated rings. The van der Waals surface area contributed by atoms with Crippen LogP contribution in [-0.4, -0.2) is 34.2 Å². The number of nitrogens with one attached hydrogen (secondary N) is 1. The Bertz CT molecular complexity index is 435. The van der Waals surface area contributed by atoms with E-state index in [9.17, 15) is 10.1 Å². The van der Waals surface area contributed by atoms with Crippen LogP contribution in [0.1, 0.15) is 12.8 Å². The minimum Gasteiger partial charge on any atom is -0.469 e. The number of anilines is 1. The summed E-state index contributed by atoms with van der Waals surface area (Å²) >= 11 is 0. The zero-order chi connectivity index (χ0) is 13.0. The third kappa shape index (κ3) is 2.81. The van der Waals surface area contributed by atoms with Crippen molar-refractivity contribution in [2.24, 2.45) is 5.84 Å². The maximum atomic E-state index is 10.8. The highest BCUT2D eigenvalue weighted by Crippen LogP contribution is 2.27. The first-order chi connectivity index (χ1) is 8.70. The van der Waals surface area contributed by atoms with Gasteiger partial charge < -0.3 is 9.47 Å². The SMILES string of the molecule is NNc1ncc([N+](=O)[O-])c(OC2CCOCC2)n1. The fourth-order valence-electron chi connectivity index (χ4n) is 1.59. The minimum atomic E-state index is -0.588. The van der Waals surface area contributed by atoms with Gasteiger partial charge in [0, 0.05) is 12.8 Å². The summed E-state index contributed by atoms with van der Waals surface area (Å²) < 4.78 is 10.7. The number of hydrogen-bond acceptors (Lipinski definition) is 8. The molecule has 2 heterocycles. The van der Waals surface area contributed by atoms with Gasteiger partial charge in [-0.2, -0.15) is 4.98 Å². The number of nitrogens with zero attached hydrogens (tertiary/aromatic N) is 3. The van der Waals surface area contributed by atoms with Crippen molar-refractivity contribution in [3.05, 3.63) is 16.3 Å². The molecule has 1 saturated heterocycles. The van der Waals surface area contributed by atoms with Crippen LogP contribution in [0.2, 0.25) is 0 Å². The van der Waals surface area contributed by atoms with Crippen molar-refractivity contribution >= 4 is 11.6 Å². The molecule has 1 aromatic rings.